The summed E-state index contributed by atoms with van der Waals surface area (Å²) in [6.07, 6.45) is 4.26. The van der Waals surface area contributed by atoms with Crippen molar-refractivity contribution in [1.82, 2.24) is 9.78 Å². The lowest BCUT2D eigenvalue weighted by Crippen LogP contribution is -2.14. The fourth-order valence-corrected chi connectivity index (χ4v) is 1.97. The minimum Gasteiger partial charge on any atom is -0.381 e. The van der Waals surface area contributed by atoms with Crippen LogP contribution in [0.2, 0.25) is 0 Å². The molecule has 0 aliphatic heterocycles. The normalized spacial score (nSPS) is 10.8. The second kappa shape index (κ2) is 6.99. The zero-order chi connectivity index (χ0) is 15.2. The van der Waals surface area contributed by atoms with Crippen molar-refractivity contribution in [2.75, 3.05) is 13.2 Å². The average molecular weight is 291 g/mol. The number of ether oxygens (including phenoxy) is 1. The molecule has 0 aliphatic rings. The lowest BCUT2D eigenvalue weighted by molar-refractivity contribution is -0.119. The first-order valence-corrected chi connectivity index (χ1v) is 6.70. The van der Waals surface area contributed by atoms with Gasteiger partial charge in [0.15, 0.2) is 0 Å². The van der Waals surface area contributed by atoms with Gasteiger partial charge in [-0.05, 0) is 24.1 Å². The highest BCUT2D eigenvalue weighted by molar-refractivity contribution is 5.73. The van der Waals surface area contributed by atoms with Crippen LogP contribution in [0.5, 0.6) is 0 Å². The quantitative estimate of drug-likeness (QED) is 0.789. The van der Waals surface area contributed by atoms with E-state index in [9.17, 15) is 9.18 Å². The zero-order valence-electron chi connectivity index (χ0n) is 11.9. The molecule has 0 bridgehead atoms. The minimum absolute atomic E-state index is 0.213. The predicted molar refractivity (Wildman–Crippen MR) is 76.9 cm³/mol. The molecular weight excluding hydrogens is 273 g/mol. The lowest BCUT2D eigenvalue weighted by atomic mass is 10.0. The molecule has 0 saturated heterocycles. The molecule has 0 radical (unpaired) electrons. The molecular formula is C15H18FN3O2. The number of rotatable bonds is 7. The van der Waals surface area contributed by atoms with Crippen LogP contribution in [0.15, 0.2) is 30.6 Å². The smallest absolute Gasteiger partial charge is 0.219 e. The van der Waals surface area contributed by atoms with Gasteiger partial charge in [-0.2, -0.15) is 5.10 Å². The maximum atomic E-state index is 13.9. The zero-order valence-corrected chi connectivity index (χ0v) is 11.9. The number of carbonyl (C=O) groups is 1. The Bertz CT molecular complexity index is 625. The van der Waals surface area contributed by atoms with Crippen molar-refractivity contribution in [3.05, 3.63) is 42.0 Å². The fraction of sp³-hybridized carbons (Fsp3) is 0.333. The van der Waals surface area contributed by atoms with E-state index < -0.39 is 0 Å². The van der Waals surface area contributed by atoms with Gasteiger partial charge in [-0.25, -0.2) is 4.39 Å². The summed E-state index contributed by atoms with van der Waals surface area (Å²) >= 11 is 0. The van der Waals surface area contributed by atoms with Crippen molar-refractivity contribution in [3.8, 4) is 11.1 Å². The first kappa shape index (κ1) is 15.2. The number of halogens is 1. The number of hydrogen-bond acceptors (Lipinski definition) is 3. The van der Waals surface area contributed by atoms with Gasteiger partial charge in [-0.15, -0.1) is 0 Å². The van der Waals surface area contributed by atoms with E-state index in [0.29, 0.717) is 25.2 Å². The van der Waals surface area contributed by atoms with E-state index >= 15 is 0 Å². The summed E-state index contributed by atoms with van der Waals surface area (Å²) in [5.41, 5.74) is 7.25. The number of hydrogen-bond donors (Lipinski definition) is 1. The van der Waals surface area contributed by atoms with Gasteiger partial charge in [0.2, 0.25) is 5.91 Å². The van der Waals surface area contributed by atoms with E-state index in [4.69, 9.17) is 10.5 Å². The predicted octanol–water partition coefficient (Wildman–Crippen LogP) is 1.66. The number of benzene rings is 1. The van der Waals surface area contributed by atoms with E-state index in [1.807, 2.05) is 0 Å². The molecule has 5 nitrogen and oxygen atoms in total. The Labute approximate surface area is 122 Å². The van der Waals surface area contributed by atoms with Crippen molar-refractivity contribution in [3.63, 3.8) is 0 Å². The van der Waals surface area contributed by atoms with E-state index in [-0.39, 0.29) is 18.1 Å². The van der Waals surface area contributed by atoms with Crippen LogP contribution in [0, 0.1) is 5.82 Å². The van der Waals surface area contributed by atoms with Crippen LogP contribution in [0.25, 0.3) is 11.1 Å². The molecule has 0 atom stereocenters. The molecule has 0 aliphatic carbocycles. The highest BCUT2D eigenvalue weighted by Gasteiger charge is 2.08. The molecule has 1 heterocycles. The van der Waals surface area contributed by atoms with Gasteiger partial charge in [0.25, 0.3) is 0 Å². The second-order valence-electron chi connectivity index (χ2n) is 4.80. The SMILES string of the molecule is Cn1cc(-c2cc(CCOCCC(N)=O)ccc2F)cn1. The number of carbonyl (C=O) groups excluding carboxylic acids is 1. The largest absolute Gasteiger partial charge is 0.381 e. The van der Waals surface area contributed by atoms with Gasteiger partial charge in [0.1, 0.15) is 5.82 Å². The highest BCUT2D eigenvalue weighted by Crippen LogP contribution is 2.23. The van der Waals surface area contributed by atoms with Crippen LogP contribution in [0.4, 0.5) is 4.39 Å². The van der Waals surface area contributed by atoms with Crippen molar-refractivity contribution in [2.45, 2.75) is 12.8 Å². The minimum atomic E-state index is -0.379. The van der Waals surface area contributed by atoms with Gasteiger partial charge in [-0.3, -0.25) is 9.48 Å². The maximum Gasteiger partial charge on any atom is 0.219 e. The molecule has 1 aromatic heterocycles. The third kappa shape index (κ3) is 4.39. The van der Waals surface area contributed by atoms with Crippen molar-refractivity contribution in [2.24, 2.45) is 12.8 Å². The summed E-state index contributed by atoms with van der Waals surface area (Å²) in [4.78, 5) is 10.6. The molecule has 0 spiro atoms. The standard InChI is InChI=1S/C15H18FN3O2/c1-19-10-12(9-18-19)13-8-11(2-3-14(13)16)4-6-21-7-5-15(17)20/h2-3,8-10H,4-7H2,1H3,(H2,17,20). The van der Waals surface area contributed by atoms with Crippen LogP contribution in [0.1, 0.15) is 12.0 Å². The Balaban J connectivity index is 1.97. The Morgan fingerprint density at radius 1 is 1.43 bits per heavy atom. The molecule has 0 unspecified atom stereocenters. The molecule has 2 rings (SSSR count). The summed E-state index contributed by atoms with van der Waals surface area (Å²) in [5.74, 6) is -0.656. The summed E-state index contributed by atoms with van der Waals surface area (Å²) in [5, 5.41) is 4.05. The van der Waals surface area contributed by atoms with Crippen LogP contribution < -0.4 is 5.73 Å². The van der Waals surface area contributed by atoms with Gasteiger partial charge < -0.3 is 10.5 Å². The Morgan fingerprint density at radius 2 is 2.24 bits per heavy atom. The molecule has 2 N–H and O–H groups in total. The van der Waals surface area contributed by atoms with Crippen LogP contribution >= 0.6 is 0 Å². The van der Waals surface area contributed by atoms with E-state index in [2.05, 4.69) is 5.10 Å². The third-order valence-electron chi connectivity index (χ3n) is 3.07. The number of nitrogens with two attached hydrogens (primary N) is 1. The Kier molecular flexibility index (Phi) is 5.05. The van der Waals surface area contributed by atoms with Crippen molar-refractivity contribution < 1.29 is 13.9 Å². The van der Waals surface area contributed by atoms with E-state index in [1.54, 1.807) is 36.3 Å². The number of nitrogens with zero attached hydrogens (tertiary/aromatic N) is 2. The molecule has 1 aromatic carbocycles. The maximum absolute atomic E-state index is 13.9. The Morgan fingerprint density at radius 3 is 2.90 bits per heavy atom. The van der Waals surface area contributed by atoms with Gasteiger partial charge in [0, 0.05) is 30.8 Å². The summed E-state index contributed by atoms with van der Waals surface area (Å²) < 4.78 is 20.8. The number of amides is 1. The lowest BCUT2D eigenvalue weighted by Gasteiger charge is -2.06. The van der Waals surface area contributed by atoms with Crippen LogP contribution in [0.3, 0.4) is 0 Å². The molecule has 0 fully saturated rings. The highest BCUT2D eigenvalue weighted by atomic mass is 19.1. The number of aromatic nitrogens is 2. The monoisotopic (exact) mass is 291 g/mol. The van der Waals surface area contributed by atoms with Crippen LogP contribution in [-0.4, -0.2) is 28.9 Å². The molecule has 21 heavy (non-hydrogen) atoms. The first-order valence-electron chi connectivity index (χ1n) is 6.70. The molecule has 6 heteroatoms. The summed E-state index contributed by atoms with van der Waals surface area (Å²) in [6.45, 7) is 0.775. The topological polar surface area (TPSA) is 70.1 Å². The van der Waals surface area contributed by atoms with Gasteiger partial charge >= 0.3 is 0 Å². The van der Waals surface area contributed by atoms with Crippen molar-refractivity contribution in [1.29, 1.82) is 0 Å². The Hall–Kier alpha value is -2.21. The molecule has 2 aromatic rings. The molecule has 112 valence electrons. The van der Waals surface area contributed by atoms with Gasteiger partial charge in [0.05, 0.1) is 19.4 Å². The fourth-order valence-electron chi connectivity index (χ4n) is 1.97. The second-order valence-corrected chi connectivity index (χ2v) is 4.80. The molecule has 1 amide bonds. The molecule has 0 saturated carbocycles. The van der Waals surface area contributed by atoms with E-state index in [1.165, 1.54) is 6.07 Å². The number of aryl methyl sites for hydroxylation is 1. The summed E-state index contributed by atoms with van der Waals surface area (Å²) in [7, 11) is 1.79. The third-order valence-corrected chi connectivity index (χ3v) is 3.07. The number of primary amides is 1. The summed E-state index contributed by atoms with van der Waals surface area (Å²) in [6, 6.07) is 4.97. The first-order chi connectivity index (χ1) is 10.1. The van der Waals surface area contributed by atoms with Gasteiger partial charge in [-0.1, -0.05) is 6.07 Å². The average Bonchev–Trinajstić information content (AvgIpc) is 2.86. The van der Waals surface area contributed by atoms with Crippen LogP contribution in [-0.2, 0) is 23.0 Å². The van der Waals surface area contributed by atoms with Crippen molar-refractivity contribution >= 4 is 5.91 Å². The van der Waals surface area contributed by atoms with E-state index in [0.717, 1.165) is 11.1 Å².